The Hall–Kier alpha value is -1.41. The number of aliphatic hydroxyl groups excluding tert-OH is 1. The van der Waals surface area contributed by atoms with Gasteiger partial charge in [-0.25, -0.2) is 0 Å². The lowest BCUT2D eigenvalue weighted by atomic mass is 10.0. The molecule has 1 heterocycles. The van der Waals surface area contributed by atoms with Crippen LogP contribution in [0.15, 0.2) is 30.3 Å². The SMILES string of the molecule is CCC(O)c1ccc2nc(C)ccc2c1. The number of fused-ring (bicyclic) bond motifs is 1. The number of aromatic nitrogens is 1. The minimum Gasteiger partial charge on any atom is -0.388 e. The van der Waals surface area contributed by atoms with Crippen molar-refractivity contribution < 1.29 is 5.11 Å². The van der Waals surface area contributed by atoms with E-state index in [1.807, 2.05) is 44.2 Å². The summed E-state index contributed by atoms with van der Waals surface area (Å²) >= 11 is 0. The molecule has 2 rings (SSSR count). The molecule has 1 aromatic heterocycles. The van der Waals surface area contributed by atoms with Crippen LogP contribution in [0.1, 0.15) is 30.7 Å². The van der Waals surface area contributed by atoms with Crippen LogP contribution in [0.3, 0.4) is 0 Å². The monoisotopic (exact) mass is 201 g/mol. The van der Waals surface area contributed by atoms with Crippen LogP contribution >= 0.6 is 0 Å². The lowest BCUT2D eigenvalue weighted by Gasteiger charge is -2.08. The maximum Gasteiger partial charge on any atom is 0.0787 e. The minimum atomic E-state index is -0.365. The number of rotatable bonds is 2. The molecule has 2 nitrogen and oxygen atoms in total. The van der Waals surface area contributed by atoms with E-state index in [4.69, 9.17) is 0 Å². The Bertz CT molecular complexity index is 479. The first-order valence-corrected chi connectivity index (χ1v) is 5.26. The van der Waals surface area contributed by atoms with Crippen LogP contribution in [-0.4, -0.2) is 10.1 Å². The summed E-state index contributed by atoms with van der Waals surface area (Å²) in [6.45, 7) is 3.95. The number of hydrogen-bond acceptors (Lipinski definition) is 2. The van der Waals surface area contributed by atoms with Crippen molar-refractivity contribution >= 4 is 10.9 Å². The van der Waals surface area contributed by atoms with Crippen LogP contribution < -0.4 is 0 Å². The third-order valence-corrected chi connectivity index (χ3v) is 2.62. The number of nitrogens with zero attached hydrogens (tertiary/aromatic N) is 1. The summed E-state index contributed by atoms with van der Waals surface area (Å²) in [4.78, 5) is 4.42. The van der Waals surface area contributed by atoms with E-state index in [1.165, 1.54) is 0 Å². The Morgan fingerprint density at radius 2 is 2.07 bits per heavy atom. The standard InChI is InChI=1S/C13H15NO/c1-3-13(15)11-6-7-12-10(8-11)5-4-9(2)14-12/h4-8,13,15H,3H2,1-2H3. The number of pyridine rings is 1. The van der Waals surface area contributed by atoms with Gasteiger partial charge in [-0.1, -0.05) is 19.1 Å². The molecular formula is C13H15NO. The van der Waals surface area contributed by atoms with Gasteiger partial charge in [0.15, 0.2) is 0 Å². The normalized spacial score (nSPS) is 13.0. The molecular weight excluding hydrogens is 186 g/mol. The average Bonchev–Trinajstić information content (AvgIpc) is 2.27. The fraction of sp³-hybridized carbons (Fsp3) is 0.308. The molecule has 0 fully saturated rings. The van der Waals surface area contributed by atoms with Crippen molar-refractivity contribution in [3.63, 3.8) is 0 Å². The van der Waals surface area contributed by atoms with Crippen LogP contribution in [0, 0.1) is 6.92 Å². The van der Waals surface area contributed by atoms with Crippen molar-refractivity contribution in [1.29, 1.82) is 0 Å². The van der Waals surface area contributed by atoms with E-state index in [-0.39, 0.29) is 6.10 Å². The molecule has 1 atom stereocenters. The number of benzene rings is 1. The highest BCUT2D eigenvalue weighted by Gasteiger charge is 2.05. The summed E-state index contributed by atoms with van der Waals surface area (Å²) in [5.74, 6) is 0. The molecule has 0 saturated heterocycles. The van der Waals surface area contributed by atoms with Gasteiger partial charge in [-0.05, 0) is 37.1 Å². The van der Waals surface area contributed by atoms with Crippen LogP contribution in [0.2, 0.25) is 0 Å². The first kappa shape index (κ1) is 10.1. The highest BCUT2D eigenvalue weighted by molar-refractivity contribution is 5.79. The molecule has 2 heteroatoms. The minimum absolute atomic E-state index is 0.365. The van der Waals surface area contributed by atoms with Crippen LogP contribution in [0.4, 0.5) is 0 Å². The predicted molar refractivity (Wildman–Crippen MR) is 61.7 cm³/mol. The van der Waals surface area contributed by atoms with Crippen molar-refractivity contribution in [3.05, 3.63) is 41.6 Å². The van der Waals surface area contributed by atoms with Gasteiger partial charge >= 0.3 is 0 Å². The van der Waals surface area contributed by atoms with Crippen LogP contribution in [-0.2, 0) is 0 Å². The van der Waals surface area contributed by atoms with Gasteiger partial charge in [-0.2, -0.15) is 0 Å². The summed E-state index contributed by atoms with van der Waals surface area (Å²) in [5, 5.41) is 10.8. The smallest absolute Gasteiger partial charge is 0.0787 e. The Labute approximate surface area is 89.6 Å². The number of aryl methyl sites for hydroxylation is 1. The molecule has 0 bridgehead atoms. The third-order valence-electron chi connectivity index (χ3n) is 2.62. The van der Waals surface area contributed by atoms with Crippen LogP contribution in [0.5, 0.6) is 0 Å². The summed E-state index contributed by atoms with van der Waals surface area (Å²) in [6, 6.07) is 9.96. The Morgan fingerprint density at radius 1 is 1.27 bits per heavy atom. The van der Waals surface area contributed by atoms with E-state index in [0.717, 1.165) is 28.6 Å². The summed E-state index contributed by atoms with van der Waals surface area (Å²) < 4.78 is 0. The summed E-state index contributed by atoms with van der Waals surface area (Å²) in [7, 11) is 0. The van der Waals surface area contributed by atoms with Crippen LogP contribution in [0.25, 0.3) is 10.9 Å². The molecule has 0 spiro atoms. The van der Waals surface area contributed by atoms with Gasteiger partial charge in [-0.3, -0.25) is 4.98 Å². The second kappa shape index (κ2) is 3.99. The molecule has 0 saturated carbocycles. The fourth-order valence-corrected chi connectivity index (χ4v) is 1.69. The number of hydrogen-bond donors (Lipinski definition) is 1. The van der Waals surface area contributed by atoms with Crippen molar-refractivity contribution in [3.8, 4) is 0 Å². The predicted octanol–water partition coefficient (Wildman–Crippen LogP) is 2.99. The zero-order valence-electron chi connectivity index (χ0n) is 9.07. The third kappa shape index (κ3) is 2.00. The van der Waals surface area contributed by atoms with Crippen molar-refractivity contribution in [2.45, 2.75) is 26.4 Å². The van der Waals surface area contributed by atoms with E-state index in [2.05, 4.69) is 4.98 Å². The molecule has 1 unspecified atom stereocenters. The van der Waals surface area contributed by atoms with Crippen molar-refractivity contribution in [1.82, 2.24) is 4.98 Å². The maximum absolute atomic E-state index is 9.72. The van der Waals surface area contributed by atoms with Gasteiger partial charge in [0.25, 0.3) is 0 Å². The summed E-state index contributed by atoms with van der Waals surface area (Å²) in [6.07, 6.45) is 0.376. The zero-order valence-corrected chi connectivity index (χ0v) is 9.07. The molecule has 78 valence electrons. The molecule has 0 aliphatic carbocycles. The fourth-order valence-electron chi connectivity index (χ4n) is 1.69. The van der Waals surface area contributed by atoms with Gasteiger partial charge in [-0.15, -0.1) is 0 Å². The number of aliphatic hydroxyl groups is 1. The quantitative estimate of drug-likeness (QED) is 0.810. The van der Waals surface area contributed by atoms with E-state index in [9.17, 15) is 5.11 Å². The van der Waals surface area contributed by atoms with Gasteiger partial charge in [0.2, 0.25) is 0 Å². The molecule has 0 aliphatic rings. The first-order valence-electron chi connectivity index (χ1n) is 5.26. The second-order valence-electron chi connectivity index (χ2n) is 3.83. The van der Waals surface area contributed by atoms with E-state index in [1.54, 1.807) is 0 Å². The largest absolute Gasteiger partial charge is 0.388 e. The van der Waals surface area contributed by atoms with Crippen molar-refractivity contribution in [2.75, 3.05) is 0 Å². The first-order chi connectivity index (χ1) is 7.20. The summed E-state index contributed by atoms with van der Waals surface area (Å²) in [5.41, 5.74) is 2.98. The molecule has 1 aromatic carbocycles. The Morgan fingerprint density at radius 3 is 2.80 bits per heavy atom. The second-order valence-corrected chi connectivity index (χ2v) is 3.83. The van der Waals surface area contributed by atoms with E-state index in [0.29, 0.717) is 0 Å². The van der Waals surface area contributed by atoms with E-state index < -0.39 is 0 Å². The van der Waals surface area contributed by atoms with Gasteiger partial charge in [0.05, 0.1) is 11.6 Å². The highest BCUT2D eigenvalue weighted by atomic mass is 16.3. The van der Waals surface area contributed by atoms with Gasteiger partial charge in [0.1, 0.15) is 0 Å². The molecule has 15 heavy (non-hydrogen) atoms. The lowest BCUT2D eigenvalue weighted by Crippen LogP contribution is -1.95. The maximum atomic E-state index is 9.72. The Kier molecular flexibility index (Phi) is 2.69. The molecule has 0 amide bonds. The molecule has 1 N–H and O–H groups in total. The molecule has 0 aliphatic heterocycles. The lowest BCUT2D eigenvalue weighted by molar-refractivity contribution is 0.174. The van der Waals surface area contributed by atoms with E-state index >= 15 is 0 Å². The molecule has 2 aromatic rings. The average molecular weight is 201 g/mol. The highest BCUT2D eigenvalue weighted by Crippen LogP contribution is 2.21. The topological polar surface area (TPSA) is 33.1 Å². The van der Waals surface area contributed by atoms with Gasteiger partial charge < -0.3 is 5.11 Å². The van der Waals surface area contributed by atoms with Crippen molar-refractivity contribution in [2.24, 2.45) is 0 Å². The molecule has 0 radical (unpaired) electrons. The Balaban J connectivity index is 2.52. The van der Waals surface area contributed by atoms with Gasteiger partial charge in [0, 0.05) is 11.1 Å². The zero-order chi connectivity index (χ0) is 10.8.